The molecule has 66 valence electrons. The lowest BCUT2D eigenvalue weighted by atomic mass is 10.3. The normalized spacial score (nSPS) is 39.0. The predicted octanol–water partition coefficient (Wildman–Crippen LogP) is 3.04. The molecule has 1 heterocycles. The number of thiol groups is 1. The van der Waals surface area contributed by atoms with Crippen LogP contribution in [0.15, 0.2) is 0 Å². The first-order chi connectivity index (χ1) is 5.16. The van der Waals surface area contributed by atoms with E-state index in [2.05, 4.69) is 26.1 Å². The van der Waals surface area contributed by atoms with Gasteiger partial charge in [-0.15, -0.1) is 12.6 Å². The minimum atomic E-state index is -1.28. The van der Waals surface area contributed by atoms with E-state index in [0.29, 0.717) is 0 Å². The molecular weight excluding hydrogens is 172 g/mol. The fraction of sp³-hybridized carbons (Fsp3) is 1.00. The van der Waals surface area contributed by atoms with Crippen molar-refractivity contribution in [1.82, 2.24) is 0 Å². The first-order valence-electron chi connectivity index (χ1n) is 4.52. The van der Waals surface area contributed by atoms with Gasteiger partial charge in [0, 0.05) is 0 Å². The number of rotatable bonds is 2. The Kier molecular flexibility index (Phi) is 3.46. The summed E-state index contributed by atoms with van der Waals surface area (Å²) >= 11 is 4.38. The number of hydrogen-bond donors (Lipinski definition) is 1. The van der Waals surface area contributed by atoms with E-state index < -0.39 is 8.32 Å². The molecule has 2 atom stereocenters. The minimum Gasteiger partial charge on any atom is -0.406 e. The molecule has 1 aliphatic rings. The molecule has 0 aromatic rings. The fourth-order valence-corrected chi connectivity index (χ4v) is 6.03. The van der Waals surface area contributed by atoms with Crippen molar-refractivity contribution < 1.29 is 4.43 Å². The maximum absolute atomic E-state index is 5.92. The van der Waals surface area contributed by atoms with Gasteiger partial charge in [0.05, 0.1) is 5.44 Å². The molecular formula is C8H18OSSi. The van der Waals surface area contributed by atoms with Gasteiger partial charge in [0.2, 0.25) is 0 Å². The van der Waals surface area contributed by atoms with E-state index in [1.807, 2.05) is 0 Å². The summed E-state index contributed by atoms with van der Waals surface area (Å²) < 4.78 is 5.92. The SMILES string of the molecule is CCC[Si]1(C)CCCC(S)O1. The molecule has 11 heavy (non-hydrogen) atoms. The lowest BCUT2D eigenvalue weighted by Gasteiger charge is -2.34. The van der Waals surface area contributed by atoms with Gasteiger partial charge < -0.3 is 4.43 Å². The van der Waals surface area contributed by atoms with Crippen LogP contribution in [0.5, 0.6) is 0 Å². The highest BCUT2D eigenvalue weighted by Gasteiger charge is 2.33. The van der Waals surface area contributed by atoms with Crippen molar-refractivity contribution in [2.75, 3.05) is 0 Å². The Morgan fingerprint density at radius 3 is 2.91 bits per heavy atom. The Morgan fingerprint density at radius 1 is 1.64 bits per heavy atom. The summed E-state index contributed by atoms with van der Waals surface area (Å²) in [5.41, 5.74) is 0.243. The first kappa shape index (κ1) is 9.61. The first-order valence-corrected chi connectivity index (χ1v) is 7.86. The van der Waals surface area contributed by atoms with E-state index in [1.54, 1.807) is 0 Å². The third-order valence-corrected chi connectivity index (χ3v) is 6.74. The van der Waals surface area contributed by atoms with Crippen LogP contribution in [-0.4, -0.2) is 13.8 Å². The molecule has 0 aromatic carbocycles. The molecule has 0 bridgehead atoms. The topological polar surface area (TPSA) is 9.23 Å². The molecule has 0 amide bonds. The van der Waals surface area contributed by atoms with Crippen LogP contribution in [0.1, 0.15) is 26.2 Å². The quantitative estimate of drug-likeness (QED) is 0.520. The van der Waals surface area contributed by atoms with Gasteiger partial charge in [0.25, 0.3) is 0 Å². The van der Waals surface area contributed by atoms with Gasteiger partial charge in [-0.3, -0.25) is 0 Å². The van der Waals surface area contributed by atoms with Gasteiger partial charge >= 0.3 is 0 Å². The van der Waals surface area contributed by atoms with Crippen LogP contribution < -0.4 is 0 Å². The summed E-state index contributed by atoms with van der Waals surface area (Å²) in [5.74, 6) is 0. The highest BCUT2D eigenvalue weighted by molar-refractivity contribution is 7.80. The molecule has 0 spiro atoms. The Hall–Kier alpha value is 0.527. The molecule has 3 heteroatoms. The molecule has 0 aromatic heterocycles. The molecule has 1 saturated heterocycles. The van der Waals surface area contributed by atoms with E-state index in [4.69, 9.17) is 4.43 Å². The lowest BCUT2D eigenvalue weighted by molar-refractivity contribution is 0.240. The van der Waals surface area contributed by atoms with Gasteiger partial charge in [-0.2, -0.15) is 0 Å². The molecule has 0 radical (unpaired) electrons. The lowest BCUT2D eigenvalue weighted by Crippen LogP contribution is -2.40. The summed E-state index contributed by atoms with van der Waals surface area (Å²) in [6.45, 7) is 4.59. The van der Waals surface area contributed by atoms with Crippen molar-refractivity contribution in [3.63, 3.8) is 0 Å². The van der Waals surface area contributed by atoms with Crippen LogP contribution in [0.2, 0.25) is 18.6 Å². The van der Waals surface area contributed by atoms with E-state index >= 15 is 0 Å². The molecule has 0 saturated carbocycles. The Balaban J connectivity index is 2.41. The summed E-state index contributed by atoms with van der Waals surface area (Å²) in [6.07, 6.45) is 3.75. The molecule has 1 fully saturated rings. The second-order valence-corrected chi connectivity index (χ2v) is 8.38. The maximum Gasteiger partial charge on any atom is 0.191 e. The molecule has 1 rings (SSSR count). The molecule has 0 N–H and O–H groups in total. The number of hydrogen-bond acceptors (Lipinski definition) is 2. The van der Waals surface area contributed by atoms with Crippen LogP contribution in [0.4, 0.5) is 0 Å². The maximum atomic E-state index is 5.92. The van der Waals surface area contributed by atoms with Crippen molar-refractivity contribution in [2.45, 2.75) is 50.3 Å². The zero-order chi connectivity index (χ0) is 8.32. The van der Waals surface area contributed by atoms with E-state index in [0.717, 1.165) is 6.42 Å². The van der Waals surface area contributed by atoms with Crippen molar-refractivity contribution in [3.05, 3.63) is 0 Å². The van der Waals surface area contributed by atoms with Gasteiger partial charge in [-0.05, 0) is 25.1 Å². The third-order valence-electron chi connectivity index (χ3n) is 2.36. The Labute approximate surface area is 76.1 Å². The Bertz CT molecular complexity index is 127. The summed E-state index contributed by atoms with van der Waals surface area (Å²) in [6, 6.07) is 2.65. The van der Waals surface area contributed by atoms with E-state index in [-0.39, 0.29) is 5.44 Å². The van der Waals surface area contributed by atoms with Gasteiger partial charge in [-0.1, -0.05) is 19.8 Å². The molecule has 0 aliphatic carbocycles. The summed E-state index contributed by atoms with van der Waals surface area (Å²) in [4.78, 5) is 0. The fourth-order valence-electron chi connectivity index (χ4n) is 1.81. The average molecular weight is 190 g/mol. The second kappa shape index (κ2) is 3.96. The van der Waals surface area contributed by atoms with Crippen LogP contribution >= 0.6 is 12.6 Å². The van der Waals surface area contributed by atoms with Crippen LogP contribution in [-0.2, 0) is 4.43 Å². The van der Waals surface area contributed by atoms with E-state index in [9.17, 15) is 0 Å². The second-order valence-electron chi connectivity index (χ2n) is 3.66. The molecule has 1 aliphatic heterocycles. The van der Waals surface area contributed by atoms with Crippen molar-refractivity contribution in [3.8, 4) is 0 Å². The largest absolute Gasteiger partial charge is 0.406 e. The monoisotopic (exact) mass is 190 g/mol. The van der Waals surface area contributed by atoms with Crippen LogP contribution in [0.3, 0.4) is 0 Å². The van der Waals surface area contributed by atoms with Gasteiger partial charge in [0.15, 0.2) is 8.32 Å². The summed E-state index contributed by atoms with van der Waals surface area (Å²) in [7, 11) is -1.28. The van der Waals surface area contributed by atoms with Crippen molar-refractivity contribution in [2.24, 2.45) is 0 Å². The van der Waals surface area contributed by atoms with Gasteiger partial charge in [0.1, 0.15) is 0 Å². The summed E-state index contributed by atoms with van der Waals surface area (Å²) in [5, 5.41) is 0. The smallest absolute Gasteiger partial charge is 0.191 e. The van der Waals surface area contributed by atoms with Crippen molar-refractivity contribution in [1.29, 1.82) is 0 Å². The Morgan fingerprint density at radius 2 is 2.36 bits per heavy atom. The predicted molar refractivity (Wildman–Crippen MR) is 54.6 cm³/mol. The zero-order valence-corrected chi connectivity index (χ0v) is 9.36. The zero-order valence-electron chi connectivity index (χ0n) is 7.47. The van der Waals surface area contributed by atoms with E-state index in [1.165, 1.54) is 24.9 Å². The minimum absolute atomic E-state index is 0.243. The van der Waals surface area contributed by atoms with Gasteiger partial charge in [-0.25, -0.2) is 0 Å². The molecule has 1 nitrogen and oxygen atoms in total. The standard InChI is InChI=1S/C8H18OSSi/c1-3-6-11(2)7-4-5-8(10)9-11/h8,10H,3-7H2,1-2H3. The average Bonchev–Trinajstić information content (AvgIpc) is 1.86. The molecule has 2 unspecified atom stereocenters. The highest BCUT2D eigenvalue weighted by Crippen LogP contribution is 2.31. The highest BCUT2D eigenvalue weighted by atomic mass is 32.1. The third kappa shape index (κ3) is 2.80. The van der Waals surface area contributed by atoms with Crippen molar-refractivity contribution >= 4 is 20.9 Å². The van der Waals surface area contributed by atoms with Crippen LogP contribution in [0, 0.1) is 0 Å². The van der Waals surface area contributed by atoms with Crippen LogP contribution in [0.25, 0.3) is 0 Å².